The maximum atomic E-state index is 12.5. The molecular weight excluding hydrogens is 336 g/mol. The molecule has 1 aliphatic rings. The number of nitrogens with zero attached hydrogens (tertiary/aromatic N) is 1. The van der Waals surface area contributed by atoms with E-state index in [-0.39, 0.29) is 17.8 Å². The van der Waals surface area contributed by atoms with Gasteiger partial charge in [0.15, 0.2) is 0 Å². The summed E-state index contributed by atoms with van der Waals surface area (Å²) >= 11 is 0. The summed E-state index contributed by atoms with van der Waals surface area (Å²) in [4.78, 5) is 38.0. The number of ether oxygens (including phenoxy) is 2. The lowest BCUT2D eigenvalue weighted by Crippen LogP contribution is -2.52. The Morgan fingerprint density at radius 1 is 1.27 bits per heavy atom. The average Bonchev–Trinajstić information content (AvgIpc) is 2.52. The first-order valence-corrected chi connectivity index (χ1v) is 9.40. The highest BCUT2D eigenvalue weighted by atomic mass is 16.6. The number of rotatable bonds is 7. The molecule has 0 aromatic heterocycles. The van der Waals surface area contributed by atoms with Crippen molar-refractivity contribution in [3.8, 4) is 0 Å². The molecule has 1 rings (SSSR count). The topological polar surface area (TPSA) is 84.9 Å². The molecule has 1 N–H and O–H groups in total. The molecule has 1 fully saturated rings. The molecular formula is C19H34N2O5. The Kier molecular flexibility index (Phi) is 8.37. The Morgan fingerprint density at radius 3 is 2.50 bits per heavy atom. The summed E-state index contributed by atoms with van der Waals surface area (Å²) < 4.78 is 10.1. The van der Waals surface area contributed by atoms with Gasteiger partial charge in [0.25, 0.3) is 0 Å². The van der Waals surface area contributed by atoms with Crippen LogP contribution >= 0.6 is 0 Å². The van der Waals surface area contributed by atoms with E-state index >= 15 is 0 Å². The van der Waals surface area contributed by atoms with Crippen LogP contribution in [0.25, 0.3) is 0 Å². The van der Waals surface area contributed by atoms with Gasteiger partial charge in [0.2, 0.25) is 5.91 Å². The van der Waals surface area contributed by atoms with E-state index < -0.39 is 17.7 Å². The van der Waals surface area contributed by atoms with Crippen molar-refractivity contribution in [1.29, 1.82) is 0 Å². The first-order valence-electron chi connectivity index (χ1n) is 9.40. The Hall–Kier alpha value is -1.79. The molecule has 1 saturated heterocycles. The Balaban J connectivity index is 2.50. The van der Waals surface area contributed by atoms with E-state index in [1.54, 1.807) is 4.90 Å². The van der Waals surface area contributed by atoms with Crippen LogP contribution in [0, 0.1) is 11.8 Å². The highest BCUT2D eigenvalue weighted by Gasteiger charge is 2.37. The first-order chi connectivity index (χ1) is 12.0. The van der Waals surface area contributed by atoms with Crippen LogP contribution in [-0.2, 0) is 19.1 Å². The molecule has 0 aromatic rings. The van der Waals surface area contributed by atoms with E-state index in [1.807, 2.05) is 27.7 Å². The molecule has 0 radical (unpaired) electrons. The van der Waals surface area contributed by atoms with Crippen molar-refractivity contribution in [2.24, 2.45) is 11.8 Å². The number of likely N-dealkylation sites (tertiary alicyclic amines) is 1. The predicted molar refractivity (Wildman–Crippen MR) is 98.5 cm³/mol. The van der Waals surface area contributed by atoms with Crippen molar-refractivity contribution < 1.29 is 23.9 Å². The van der Waals surface area contributed by atoms with Crippen molar-refractivity contribution in [3.05, 3.63) is 0 Å². The van der Waals surface area contributed by atoms with Crippen LogP contribution in [0.5, 0.6) is 0 Å². The second-order valence-corrected chi connectivity index (χ2v) is 8.20. The van der Waals surface area contributed by atoms with E-state index in [0.717, 1.165) is 6.42 Å². The first kappa shape index (κ1) is 22.3. The molecule has 1 aliphatic heterocycles. The minimum atomic E-state index is -0.556. The van der Waals surface area contributed by atoms with Crippen LogP contribution in [0.15, 0.2) is 0 Å². The molecule has 0 bridgehead atoms. The summed E-state index contributed by atoms with van der Waals surface area (Å²) in [7, 11) is 1.35. The number of esters is 1. The molecule has 150 valence electrons. The number of alkyl carbamates (subject to hydrolysis) is 1. The summed E-state index contributed by atoms with van der Waals surface area (Å²) in [5.41, 5.74) is -0.526. The fraction of sp³-hybridized carbons (Fsp3) is 0.842. The van der Waals surface area contributed by atoms with Crippen molar-refractivity contribution in [3.63, 3.8) is 0 Å². The van der Waals surface area contributed by atoms with E-state index in [1.165, 1.54) is 7.11 Å². The molecule has 1 heterocycles. The third kappa shape index (κ3) is 7.22. The van der Waals surface area contributed by atoms with Gasteiger partial charge in [-0.15, -0.1) is 0 Å². The summed E-state index contributed by atoms with van der Waals surface area (Å²) in [5, 5.41) is 2.70. The number of amides is 2. The fourth-order valence-electron chi connectivity index (χ4n) is 3.27. The van der Waals surface area contributed by atoms with Gasteiger partial charge in [-0.05, 0) is 52.4 Å². The molecule has 1 unspecified atom stereocenters. The number of hydrogen-bond donors (Lipinski definition) is 1. The number of nitrogens with one attached hydrogen (secondary N) is 1. The zero-order valence-corrected chi connectivity index (χ0v) is 17.0. The normalized spacial score (nSPS) is 21.9. The zero-order valence-electron chi connectivity index (χ0n) is 17.0. The maximum Gasteiger partial charge on any atom is 0.407 e. The van der Waals surface area contributed by atoms with E-state index in [2.05, 4.69) is 12.2 Å². The van der Waals surface area contributed by atoms with Crippen molar-refractivity contribution in [2.75, 3.05) is 20.2 Å². The van der Waals surface area contributed by atoms with Crippen LogP contribution < -0.4 is 5.32 Å². The smallest absolute Gasteiger partial charge is 0.407 e. The summed E-state index contributed by atoms with van der Waals surface area (Å²) in [6, 6.07) is -0.556. The molecule has 0 aromatic carbocycles. The fourth-order valence-corrected chi connectivity index (χ4v) is 3.27. The molecule has 0 saturated carbocycles. The monoisotopic (exact) mass is 370 g/mol. The van der Waals surface area contributed by atoms with Crippen LogP contribution in [0.3, 0.4) is 0 Å². The summed E-state index contributed by atoms with van der Waals surface area (Å²) in [6.45, 7) is 10.5. The van der Waals surface area contributed by atoms with E-state index in [9.17, 15) is 14.4 Å². The number of piperidine rings is 1. The zero-order chi connectivity index (χ0) is 19.9. The van der Waals surface area contributed by atoms with Gasteiger partial charge >= 0.3 is 12.1 Å². The van der Waals surface area contributed by atoms with Crippen LogP contribution in [0.1, 0.15) is 60.3 Å². The molecule has 3 atom stereocenters. The maximum absolute atomic E-state index is 12.5. The lowest BCUT2D eigenvalue weighted by molar-refractivity contribution is -0.157. The quantitative estimate of drug-likeness (QED) is 0.550. The van der Waals surface area contributed by atoms with Gasteiger partial charge in [-0.1, -0.05) is 13.8 Å². The van der Waals surface area contributed by atoms with Gasteiger partial charge in [0.05, 0.1) is 7.11 Å². The molecule has 0 spiro atoms. The van der Waals surface area contributed by atoms with E-state index in [4.69, 9.17) is 9.47 Å². The molecule has 26 heavy (non-hydrogen) atoms. The average molecular weight is 370 g/mol. The van der Waals surface area contributed by atoms with Crippen LogP contribution in [0.4, 0.5) is 4.79 Å². The number of carbonyl (C=O) groups is 3. The molecule has 0 aliphatic carbocycles. The van der Waals surface area contributed by atoms with Crippen molar-refractivity contribution in [2.45, 2.75) is 71.9 Å². The van der Waals surface area contributed by atoms with Gasteiger partial charge in [-0.3, -0.25) is 4.79 Å². The number of unbranched alkanes of at least 4 members (excludes halogenated alkanes) is 1. The highest BCUT2D eigenvalue weighted by Crippen LogP contribution is 2.26. The molecule has 7 heteroatoms. The summed E-state index contributed by atoms with van der Waals surface area (Å²) in [5.74, 6) is -0.0615. The number of methoxy groups -OCH3 is 1. The molecule has 2 amide bonds. The predicted octanol–water partition coefficient (Wildman–Crippen LogP) is 2.73. The largest absolute Gasteiger partial charge is 0.467 e. The number of hydrogen-bond acceptors (Lipinski definition) is 5. The highest BCUT2D eigenvalue weighted by molar-refractivity contribution is 5.86. The second kappa shape index (κ2) is 9.78. The second-order valence-electron chi connectivity index (χ2n) is 8.20. The van der Waals surface area contributed by atoms with Gasteiger partial charge in [0, 0.05) is 19.0 Å². The van der Waals surface area contributed by atoms with Crippen molar-refractivity contribution >= 4 is 18.0 Å². The standard InChI is InChI=1S/C19H34N2O5/c1-13-11-14(2)16(22)21(12-13)15(17(23)25-6)9-7-8-10-20-18(24)26-19(3,4)5/h13-15H,7-12H2,1-6H3,(H,20,24)/t13?,14-,15-/m1/s1. The van der Waals surface area contributed by atoms with Crippen molar-refractivity contribution in [1.82, 2.24) is 10.2 Å². The Labute approximate surface area is 156 Å². The Bertz CT molecular complexity index is 501. The Morgan fingerprint density at radius 2 is 1.92 bits per heavy atom. The SMILES string of the molecule is COC(=O)[C@@H](CCCCNC(=O)OC(C)(C)C)N1CC(C)C[C@@H](C)C1=O. The van der Waals surface area contributed by atoms with Gasteiger partial charge in [-0.2, -0.15) is 0 Å². The van der Waals surface area contributed by atoms with Gasteiger partial charge in [0.1, 0.15) is 11.6 Å². The van der Waals surface area contributed by atoms with Crippen LogP contribution in [0.2, 0.25) is 0 Å². The lowest BCUT2D eigenvalue weighted by atomic mass is 9.89. The number of carbonyl (C=O) groups excluding carboxylic acids is 3. The van der Waals surface area contributed by atoms with Crippen LogP contribution in [-0.4, -0.2) is 54.7 Å². The third-order valence-corrected chi connectivity index (χ3v) is 4.39. The summed E-state index contributed by atoms with van der Waals surface area (Å²) in [6.07, 6.45) is 2.31. The minimum Gasteiger partial charge on any atom is -0.467 e. The van der Waals surface area contributed by atoms with Gasteiger partial charge in [-0.25, -0.2) is 9.59 Å². The third-order valence-electron chi connectivity index (χ3n) is 4.39. The molecule has 7 nitrogen and oxygen atoms in total. The minimum absolute atomic E-state index is 0.0189. The van der Waals surface area contributed by atoms with Gasteiger partial charge < -0.3 is 19.7 Å². The lowest BCUT2D eigenvalue weighted by Gasteiger charge is -2.38. The van der Waals surface area contributed by atoms with E-state index in [0.29, 0.717) is 38.3 Å².